The molecule has 0 radical (unpaired) electrons. The van der Waals surface area contributed by atoms with E-state index in [1.54, 1.807) is 16.8 Å². The van der Waals surface area contributed by atoms with Crippen LogP contribution in [0.2, 0.25) is 0 Å². The Labute approximate surface area is 99.2 Å². The van der Waals surface area contributed by atoms with E-state index in [4.69, 9.17) is 5.73 Å². The molecule has 0 saturated heterocycles. The molecular weight excluding hydrogens is 219 g/mol. The van der Waals surface area contributed by atoms with Gasteiger partial charge in [-0.1, -0.05) is 17.3 Å². The fourth-order valence-electron chi connectivity index (χ4n) is 1.45. The van der Waals surface area contributed by atoms with Crippen molar-refractivity contribution in [3.63, 3.8) is 0 Å². The second-order valence-corrected chi connectivity index (χ2v) is 4.65. The van der Waals surface area contributed by atoms with Gasteiger partial charge in [0.25, 0.3) is 0 Å². The average Bonchev–Trinajstić information content (AvgIpc) is 2.69. The van der Waals surface area contributed by atoms with Crippen molar-refractivity contribution in [1.29, 1.82) is 0 Å². The molecular formula is C12H15FN4. The van der Waals surface area contributed by atoms with Gasteiger partial charge < -0.3 is 5.73 Å². The van der Waals surface area contributed by atoms with Gasteiger partial charge in [-0.15, -0.1) is 5.10 Å². The average molecular weight is 234 g/mol. The van der Waals surface area contributed by atoms with E-state index in [1.807, 2.05) is 20.0 Å². The molecule has 0 aliphatic heterocycles. The van der Waals surface area contributed by atoms with Gasteiger partial charge in [-0.3, -0.25) is 0 Å². The number of nitrogens with zero attached hydrogens (tertiary/aromatic N) is 3. The van der Waals surface area contributed by atoms with Gasteiger partial charge in [-0.25, -0.2) is 9.07 Å². The van der Waals surface area contributed by atoms with Crippen molar-refractivity contribution in [2.24, 2.45) is 5.73 Å². The Morgan fingerprint density at radius 2 is 1.94 bits per heavy atom. The summed E-state index contributed by atoms with van der Waals surface area (Å²) in [5.41, 5.74) is 7.12. The highest BCUT2D eigenvalue weighted by Crippen LogP contribution is 2.13. The Kier molecular flexibility index (Phi) is 2.93. The Hall–Kier alpha value is -1.75. The number of nitrogens with two attached hydrogens (primary N) is 1. The third-order valence-corrected chi connectivity index (χ3v) is 2.46. The first-order valence-corrected chi connectivity index (χ1v) is 5.39. The summed E-state index contributed by atoms with van der Waals surface area (Å²) in [6.07, 6.45) is 1.81. The standard InChI is InChI=1S/C12H15FN4/c1-12(2,14)11-8-17(16-15-11)7-9-3-5-10(13)6-4-9/h3-6,8H,7,14H2,1-2H3. The van der Waals surface area contributed by atoms with E-state index in [-0.39, 0.29) is 5.82 Å². The molecule has 5 heteroatoms. The fraction of sp³-hybridized carbons (Fsp3) is 0.333. The van der Waals surface area contributed by atoms with Gasteiger partial charge in [-0.2, -0.15) is 0 Å². The number of hydrogen-bond donors (Lipinski definition) is 1. The van der Waals surface area contributed by atoms with Gasteiger partial charge >= 0.3 is 0 Å². The molecule has 2 rings (SSSR count). The zero-order valence-electron chi connectivity index (χ0n) is 9.89. The van der Waals surface area contributed by atoms with Crippen LogP contribution in [0.5, 0.6) is 0 Å². The molecule has 4 nitrogen and oxygen atoms in total. The minimum atomic E-state index is -0.499. The lowest BCUT2D eigenvalue weighted by Crippen LogP contribution is -2.29. The van der Waals surface area contributed by atoms with Gasteiger partial charge in [0.05, 0.1) is 18.3 Å². The summed E-state index contributed by atoms with van der Waals surface area (Å²) in [4.78, 5) is 0. The Morgan fingerprint density at radius 3 is 2.47 bits per heavy atom. The van der Waals surface area contributed by atoms with Crippen LogP contribution in [0.4, 0.5) is 4.39 Å². The third kappa shape index (κ3) is 2.88. The maximum absolute atomic E-state index is 12.7. The molecule has 0 amide bonds. The van der Waals surface area contributed by atoms with E-state index < -0.39 is 5.54 Å². The van der Waals surface area contributed by atoms with Crippen LogP contribution in [0.1, 0.15) is 25.1 Å². The smallest absolute Gasteiger partial charge is 0.123 e. The van der Waals surface area contributed by atoms with Crippen molar-refractivity contribution in [2.75, 3.05) is 0 Å². The number of rotatable bonds is 3. The molecule has 0 bridgehead atoms. The summed E-state index contributed by atoms with van der Waals surface area (Å²) in [5.74, 6) is -0.240. The van der Waals surface area contributed by atoms with Crippen LogP contribution in [0.25, 0.3) is 0 Å². The second kappa shape index (κ2) is 4.25. The zero-order chi connectivity index (χ0) is 12.5. The van der Waals surface area contributed by atoms with E-state index in [0.717, 1.165) is 11.3 Å². The molecule has 2 N–H and O–H groups in total. The molecule has 0 unspecified atom stereocenters. The van der Waals surface area contributed by atoms with Gasteiger partial charge in [0, 0.05) is 0 Å². The monoisotopic (exact) mass is 234 g/mol. The SMILES string of the molecule is CC(C)(N)c1cn(Cc2ccc(F)cc2)nn1. The van der Waals surface area contributed by atoms with Crippen LogP contribution in [0.3, 0.4) is 0 Å². The molecule has 17 heavy (non-hydrogen) atoms. The summed E-state index contributed by atoms with van der Waals surface area (Å²) in [6, 6.07) is 6.31. The van der Waals surface area contributed by atoms with Gasteiger partial charge in [0.15, 0.2) is 0 Å². The molecule has 0 aliphatic rings. The minimum absolute atomic E-state index is 0.240. The van der Waals surface area contributed by atoms with Gasteiger partial charge in [-0.05, 0) is 31.5 Å². The Balaban J connectivity index is 2.14. The molecule has 1 heterocycles. The summed E-state index contributed by atoms with van der Waals surface area (Å²) in [6.45, 7) is 4.31. The molecule has 0 atom stereocenters. The van der Waals surface area contributed by atoms with Crippen molar-refractivity contribution in [3.8, 4) is 0 Å². The first-order valence-electron chi connectivity index (χ1n) is 5.39. The molecule has 1 aromatic carbocycles. The first kappa shape index (κ1) is 11.7. The lowest BCUT2D eigenvalue weighted by atomic mass is 10.0. The van der Waals surface area contributed by atoms with Crippen LogP contribution < -0.4 is 5.73 Å². The van der Waals surface area contributed by atoms with Crippen LogP contribution in [-0.2, 0) is 12.1 Å². The van der Waals surface area contributed by atoms with E-state index in [1.165, 1.54) is 12.1 Å². The maximum Gasteiger partial charge on any atom is 0.123 e. The maximum atomic E-state index is 12.7. The van der Waals surface area contributed by atoms with Crippen LogP contribution in [0, 0.1) is 5.82 Å². The van der Waals surface area contributed by atoms with Gasteiger partial charge in [0.1, 0.15) is 11.5 Å². The largest absolute Gasteiger partial charge is 0.320 e. The molecule has 0 spiro atoms. The van der Waals surface area contributed by atoms with Crippen LogP contribution in [-0.4, -0.2) is 15.0 Å². The summed E-state index contributed by atoms with van der Waals surface area (Å²) >= 11 is 0. The van der Waals surface area contributed by atoms with Gasteiger partial charge in [0.2, 0.25) is 0 Å². The normalized spacial score (nSPS) is 11.8. The number of benzene rings is 1. The van der Waals surface area contributed by atoms with Crippen molar-refractivity contribution in [2.45, 2.75) is 25.9 Å². The van der Waals surface area contributed by atoms with Crippen LogP contribution >= 0.6 is 0 Å². The number of aromatic nitrogens is 3. The predicted octanol–water partition coefficient (Wildman–Crippen LogP) is 1.66. The topological polar surface area (TPSA) is 56.7 Å². The number of hydrogen-bond acceptors (Lipinski definition) is 3. The molecule has 1 aromatic heterocycles. The highest BCUT2D eigenvalue weighted by Gasteiger charge is 2.18. The molecule has 0 saturated carbocycles. The third-order valence-electron chi connectivity index (χ3n) is 2.46. The quantitative estimate of drug-likeness (QED) is 0.878. The van der Waals surface area contributed by atoms with E-state index in [0.29, 0.717) is 6.54 Å². The first-order chi connectivity index (χ1) is 7.95. The van der Waals surface area contributed by atoms with Crippen molar-refractivity contribution < 1.29 is 4.39 Å². The van der Waals surface area contributed by atoms with E-state index in [2.05, 4.69) is 10.3 Å². The van der Waals surface area contributed by atoms with E-state index in [9.17, 15) is 4.39 Å². The predicted molar refractivity (Wildman–Crippen MR) is 62.7 cm³/mol. The summed E-state index contributed by atoms with van der Waals surface area (Å²) in [5, 5.41) is 8.01. The lowest BCUT2D eigenvalue weighted by Gasteiger charge is -2.13. The molecule has 90 valence electrons. The highest BCUT2D eigenvalue weighted by molar-refractivity contribution is 5.16. The molecule has 0 fully saturated rings. The van der Waals surface area contributed by atoms with Crippen molar-refractivity contribution >= 4 is 0 Å². The summed E-state index contributed by atoms with van der Waals surface area (Å²) in [7, 11) is 0. The van der Waals surface area contributed by atoms with Crippen molar-refractivity contribution in [3.05, 3.63) is 47.5 Å². The van der Waals surface area contributed by atoms with E-state index >= 15 is 0 Å². The molecule has 0 aliphatic carbocycles. The van der Waals surface area contributed by atoms with Crippen LogP contribution in [0.15, 0.2) is 30.5 Å². The Morgan fingerprint density at radius 1 is 1.29 bits per heavy atom. The Bertz CT molecular complexity index is 496. The number of halogens is 1. The van der Waals surface area contributed by atoms with Crippen molar-refractivity contribution in [1.82, 2.24) is 15.0 Å². The zero-order valence-corrected chi connectivity index (χ0v) is 9.89. The fourth-order valence-corrected chi connectivity index (χ4v) is 1.45. The molecule has 2 aromatic rings. The lowest BCUT2D eigenvalue weighted by molar-refractivity contribution is 0.533. The second-order valence-electron chi connectivity index (χ2n) is 4.65. The highest BCUT2D eigenvalue weighted by atomic mass is 19.1. The summed E-state index contributed by atoms with van der Waals surface area (Å²) < 4.78 is 14.4. The minimum Gasteiger partial charge on any atom is -0.320 e.